The lowest BCUT2D eigenvalue weighted by Gasteiger charge is -2.06. The Morgan fingerprint density at radius 1 is 1.11 bits per heavy atom. The van der Waals surface area contributed by atoms with Gasteiger partial charge >= 0.3 is 0 Å². The standard InChI is InChI=1S/C10H6Cl2N4O2/c11-8-7(9(12)15-10(13)14-8)5-1-3-6(4-2-5)16(17)18/h1-4H,(H2,13,14,15). The summed E-state index contributed by atoms with van der Waals surface area (Å²) in [5.41, 5.74) is 6.33. The van der Waals surface area contributed by atoms with Gasteiger partial charge in [0.15, 0.2) is 0 Å². The van der Waals surface area contributed by atoms with Crippen LogP contribution in [0.3, 0.4) is 0 Å². The third-order valence-corrected chi connectivity index (χ3v) is 2.75. The zero-order valence-corrected chi connectivity index (χ0v) is 10.3. The van der Waals surface area contributed by atoms with E-state index in [1.54, 1.807) is 0 Å². The summed E-state index contributed by atoms with van der Waals surface area (Å²) < 4.78 is 0. The van der Waals surface area contributed by atoms with Crippen LogP contribution >= 0.6 is 23.2 Å². The van der Waals surface area contributed by atoms with Crippen molar-refractivity contribution in [3.8, 4) is 11.1 Å². The molecule has 6 nitrogen and oxygen atoms in total. The van der Waals surface area contributed by atoms with Gasteiger partial charge in [-0.15, -0.1) is 0 Å². The molecule has 0 saturated heterocycles. The van der Waals surface area contributed by atoms with Crippen LogP contribution in [-0.4, -0.2) is 14.9 Å². The molecule has 92 valence electrons. The van der Waals surface area contributed by atoms with Crippen molar-refractivity contribution in [3.05, 3.63) is 44.7 Å². The number of benzene rings is 1. The Balaban J connectivity index is 2.52. The first-order valence-electron chi connectivity index (χ1n) is 4.72. The summed E-state index contributed by atoms with van der Waals surface area (Å²) in [5.74, 6) is -0.0318. The molecule has 18 heavy (non-hydrogen) atoms. The molecule has 8 heteroatoms. The molecular weight excluding hydrogens is 279 g/mol. The average Bonchev–Trinajstić information content (AvgIpc) is 2.28. The smallest absolute Gasteiger partial charge is 0.269 e. The normalized spacial score (nSPS) is 10.3. The number of anilines is 1. The topological polar surface area (TPSA) is 94.9 Å². The summed E-state index contributed by atoms with van der Waals surface area (Å²) in [6.07, 6.45) is 0. The van der Waals surface area contributed by atoms with Crippen molar-refractivity contribution in [2.75, 3.05) is 5.73 Å². The molecule has 0 aliphatic carbocycles. The first-order valence-corrected chi connectivity index (χ1v) is 5.48. The Labute approximate surface area is 112 Å². The molecule has 1 heterocycles. The Kier molecular flexibility index (Phi) is 3.31. The van der Waals surface area contributed by atoms with Gasteiger partial charge in [0.05, 0.1) is 10.5 Å². The summed E-state index contributed by atoms with van der Waals surface area (Å²) in [6, 6.07) is 5.73. The van der Waals surface area contributed by atoms with Gasteiger partial charge in [0.1, 0.15) is 10.3 Å². The van der Waals surface area contributed by atoms with E-state index in [9.17, 15) is 10.1 Å². The van der Waals surface area contributed by atoms with Gasteiger partial charge in [-0.05, 0) is 17.7 Å². The number of hydrogen-bond acceptors (Lipinski definition) is 5. The SMILES string of the molecule is Nc1nc(Cl)c(-c2ccc([N+](=O)[O-])cc2)c(Cl)n1. The van der Waals surface area contributed by atoms with Crippen molar-refractivity contribution < 1.29 is 4.92 Å². The largest absolute Gasteiger partial charge is 0.368 e. The summed E-state index contributed by atoms with van der Waals surface area (Å²) in [6.45, 7) is 0. The zero-order valence-electron chi connectivity index (χ0n) is 8.80. The van der Waals surface area contributed by atoms with Crippen molar-refractivity contribution in [2.45, 2.75) is 0 Å². The molecule has 1 aromatic carbocycles. The van der Waals surface area contributed by atoms with Crippen LogP contribution in [0.5, 0.6) is 0 Å². The molecule has 0 aliphatic rings. The molecule has 0 saturated carbocycles. The minimum absolute atomic E-state index is 0.0256. The molecule has 0 atom stereocenters. The fourth-order valence-corrected chi connectivity index (χ4v) is 2.03. The molecule has 0 spiro atoms. The molecule has 0 amide bonds. The number of nitrogen functional groups attached to an aromatic ring is 1. The number of aromatic nitrogens is 2. The van der Waals surface area contributed by atoms with E-state index < -0.39 is 4.92 Å². The van der Waals surface area contributed by atoms with Crippen LogP contribution in [0.1, 0.15) is 0 Å². The van der Waals surface area contributed by atoms with Crippen LogP contribution < -0.4 is 5.73 Å². The maximum Gasteiger partial charge on any atom is 0.269 e. The molecule has 0 unspecified atom stereocenters. The molecule has 1 aromatic heterocycles. The van der Waals surface area contributed by atoms with E-state index in [0.29, 0.717) is 11.1 Å². The van der Waals surface area contributed by atoms with Crippen LogP contribution in [0.2, 0.25) is 10.3 Å². The van der Waals surface area contributed by atoms with Crippen molar-refractivity contribution >= 4 is 34.8 Å². The fourth-order valence-electron chi connectivity index (χ4n) is 1.41. The van der Waals surface area contributed by atoms with E-state index >= 15 is 0 Å². The highest BCUT2D eigenvalue weighted by Gasteiger charge is 2.14. The van der Waals surface area contributed by atoms with Gasteiger partial charge in [0.25, 0.3) is 5.69 Å². The molecule has 0 radical (unpaired) electrons. The number of halogens is 2. The zero-order chi connectivity index (χ0) is 13.3. The fraction of sp³-hybridized carbons (Fsp3) is 0. The Morgan fingerprint density at radius 2 is 1.61 bits per heavy atom. The van der Waals surface area contributed by atoms with Crippen molar-refractivity contribution in [1.82, 2.24) is 9.97 Å². The van der Waals surface area contributed by atoms with Gasteiger partial charge in [0.2, 0.25) is 5.95 Å². The van der Waals surface area contributed by atoms with Crippen LogP contribution in [0.4, 0.5) is 11.6 Å². The minimum atomic E-state index is -0.494. The minimum Gasteiger partial charge on any atom is -0.368 e. The first kappa shape index (κ1) is 12.5. The van der Waals surface area contributed by atoms with E-state index in [4.69, 9.17) is 28.9 Å². The average molecular weight is 285 g/mol. The molecule has 2 N–H and O–H groups in total. The van der Waals surface area contributed by atoms with Gasteiger partial charge in [-0.3, -0.25) is 10.1 Å². The van der Waals surface area contributed by atoms with E-state index in [1.165, 1.54) is 24.3 Å². The second-order valence-electron chi connectivity index (χ2n) is 3.34. The molecular formula is C10H6Cl2N4O2. The monoisotopic (exact) mass is 284 g/mol. The number of nitro benzene ring substituents is 1. The van der Waals surface area contributed by atoms with Crippen LogP contribution in [0, 0.1) is 10.1 Å². The van der Waals surface area contributed by atoms with E-state index in [2.05, 4.69) is 9.97 Å². The second kappa shape index (κ2) is 4.75. The number of rotatable bonds is 2. The quantitative estimate of drug-likeness (QED) is 0.520. The summed E-state index contributed by atoms with van der Waals surface area (Å²) in [4.78, 5) is 17.6. The van der Waals surface area contributed by atoms with Crippen LogP contribution in [0.25, 0.3) is 11.1 Å². The van der Waals surface area contributed by atoms with Crippen molar-refractivity contribution in [3.63, 3.8) is 0 Å². The summed E-state index contributed by atoms with van der Waals surface area (Å²) in [5, 5.41) is 10.7. The molecule has 0 bridgehead atoms. The van der Waals surface area contributed by atoms with Crippen LogP contribution in [-0.2, 0) is 0 Å². The highest BCUT2D eigenvalue weighted by atomic mass is 35.5. The predicted octanol–water partition coefficient (Wildman–Crippen LogP) is 2.94. The van der Waals surface area contributed by atoms with Gasteiger partial charge in [-0.1, -0.05) is 23.2 Å². The Bertz CT molecular complexity index is 593. The number of nitro groups is 1. The van der Waals surface area contributed by atoms with E-state index in [-0.39, 0.29) is 21.9 Å². The maximum atomic E-state index is 10.5. The number of hydrogen-bond donors (Lipinski definition) is 1. The van der Waals surface area contributed by atoms with Gasteiger partial charge < -0.3 is 5.73 Å². The lowest BCUT2D eigenvalue weighted by Crippen LogP contribution is -1.97. The van der Waals surface area contributed by atoms with Crippen LogP contribution in [0.15, 0.2) is 24.3 Å². The molecule has 0 fully saturated rings. The highest BCUT2D eigenvalue weighted by molar-refractivity contribution is 6.37. The number of nitrogens with two attached hydrogens (primary N) is 1. The first-order chi connectivity index (χ1) is 8.49. The Morgan fingerprint density at radius 3 is 2.06 bits per heavy atom. The summed E-state index contributed by atoms with van der Waals surface area (Å²) in [7, 11) is 0. The van der Waals surface area contributed by atoms with Crippen molar-refractivity contribution in [2.24, 2.45) is 0 Å². The molecule has 2 rings (SSSR count). The van der Waals surface area contributed by atoms with E-state index in [0.717, 1.165) is 0 Å². The molecule has 2 aromatic rings. The highest BCUT2D eigenvalue weighted by Crippen LogP contribution is 2.33. The van der Waals surface area contributed by atoms with Crippen molar-refractivity contribution in [1.29, 1.82) is 0 Å². The van der Waals surface area contributed by atoms with Gasteiger partial charge in [-0.25, -0.2) is 9.97 Å². The Hall–Kier alpha value is -1.92. The predicted molar refractivity (Wildman–Crippen MR) is 68.6 cm³/mol. The third-order valence-electron chi connectivity index (χ3n) is 2.20. The lowest BCUT2D eigenvalue weighted by atomic mass is 10.1. The van der Waals surface area contributed by atoms with E-state index in [1.807, 2.05) is 0 Å². The van der Waals surface area contributed by atoms with Gasteiger partial charge in [-0.2, -0.15) is 0 Å². The number of nitrogens with zero attached hydrogens (tertiary/aromatic N) is 3. The maximum absolute atomic E-state index is 10.5. The van der Waals surface area contributed by atoms with Gasteiger partial charge in [0, 0.05) is 12.1 Å². The number of non-ortho nitro benzene ring substituents is 1. The lowest BCUT2D eigenvalue weighted by molar-refractivity contribution is -0.384. The third kappa shape index (κ3) is 2.34. The second-order valence-corrected chi connectivity index (χ2v) is 4.06. The molecule has 0 aliphatic heterocycles. The summed E-state index contributed by atoms with van der Waals surface area (Å²) >= 11 is 11.8.